The molecule has 0 radical (unpaired) electrons. The van der Waals surface area contributed by atoms with Gasteiger partial charge in [0.25, 0.3) is 0 Å². The maximum absolute atomic E-state index is 12.8. The molecule has 4 rings (SSSR count). The lowest BCUT2D eigenvalue weighted by Gasteiger charge is -2.20. The SMILES string of the molecule is COc1cc(C)c2c(ccn2C(=O)OC(C)(C)C)c1Cn1cc2ccc(C#N)c(Cl)c2n1. The van der Waals surface area contributed by atoms with Crippen molar-refractivity contribution in [3.63, 3.8) is 0 Å². The number of aryl methyl sites for hydroxylation is 1. The lowest BCUT2D eigenvalue weighted by atomic mass is 10.0. The number of ether oxygens (including phenoxy) is 2. The van der Waals surface area contributed by atoms with Gasteiger partial charge in [0.1, 0.15) is 22.9 Å². The molecule has 0 fully saturated rings. The summed E-state index contributed by atoms with van der Waals surface area (Å²) in [6.45, 7) is 7.83. The van der Waals surface area contributed by atoms with Crippen molar-refractivity contribution in [2.75, 3.05) is 7.11 Å². The number of carbonyl (C=O) groups excluding carboxylic acids is 1. The van der Waals surface area contributed by atoms with Crippen LogP contribution in [0.3, 0.4) is 0 Å². The summed E-state index contributed by atoms with van der Waals surface area (Å²) in [5.41, 5.74) is 2.88. The van der Waals surface area contributed by atoms with E-state index in [9.17, 15) is 10.1 Å². The molecule has 0 aliphatic carbocycles. The molecular weight excluding hydrogens is 428 g/mol. The van der Waals surface area contributed by atoms with E-state index in [-0.39, 0.29) is 0 Å². The van der Waals surface area contributed by atoms with Gasteiger partial charge in [-0.25, -0.2) is 4.79 Å². The van der Waals surface area contributed by atoms with E-state index in [1.807, 2.05) is 52.1 Å². The zero-order valence-corrected chi connectivity index (χ0v) is 19.3. The molecule has 164 valence electrons. The van der Waals surface area contributed by atoms with Crippen molar-refractivity contribution in [3.05, 3.63) is 58.4 Å². The van der Waals surface area contributed by atoms with Crippen molar-refractivity contribution in [2.45, 2.75) is 39.8 Å². The van der Waals surface area contributed by atoms with Crippen LogP contribution in [0.4, 0.5) is 4.79 Å². The summed E-state index contributed by atoms with van der Waals surface area (Å²) in [6, 6.07) is 9.37. The summed E-state index contributed by atoms with van der Waals surface area (Å²) in [5, 5.41) is 15.9. The van der Waals surface area contributed by atoms with E-state index in [0.29, 0.717) is 28.4 Å². The molecule has 0 bridgehead atoms. The van der Waals surface area contributed by atoms with Gasteiger partial charge < -0.3 is 9.47 Å². The topological polar surface area (TPSA) is 82.1 Å². The third kappa shape index (κ3) is 3.78. The number of nitrogens with zero attached hydrogens (tertiary/aromatic N) is 4. The zero-order valence-electron chi connectivity index (χ0n) is 18.6. The smallest absolute Gasteiger partial charge is 0.419 e. The summed E-state index contributed by atoms with van der Waals surface area (Å²) in [7, 11) is 1.62. The van der Waals surface area contributed by atoms with Crippen LogP contribution in [-0.4, -0.2) is 33.2 Å². The molecule has 2 aromatic heterocycles. The number of fused-ring (bicyclic) bond motifs is 2. The Bertz CT molecular complexity index is 1400. The highest BCUT2D eigenvalue weighted by atomic mass is 35.5. The second kappa shape index (κ2) is 7.88. The molecule has 7 nitrogen and oxygen atoms in total. The van der Waals surface area contributed by atoms with Crippen molar-refractivity contribution in [1.82, 2.24) is 14.3 Å². The lowest BCUT2D eigenvalue weighted by molar-refractivity contribution is 0.0544. The van der Waals surface area contributed by atoms with E-state index in [0.717, 1.165) is 27.4 Å². The van der Waals surface area contributed by atoms with E-state index in [1.54, 1.807) is 24.1 Å². The van der Waals surface area contributed by atoms with Gasteiger partial charge in [0, 0.05) is 28.7 Å². The molecule has 2 aromatic carbocycles. The summed E-state index contributed by atoms with van der Waals surface area (Å²) < 4.78 is 14.5. The van der Waals surface area contributed by atoms with Gasteiger partial charge in [0.2, 0.25) is 0 Å². The fourth-order valence-corrected chi connectivity index (χ4v) is 4.06. The number of rotatable bonds is 3. The first-order chi connectivity index (χ1) is 15.1. The van der Waals surface area contributed by atoms with E-state index >= 15 is 0 Å². The number of nitriles is 1. The summed E-state index contributed by atoms with van der Waals surface area (Å²) in [6.07, 6.45) is 3.15. The predicted octanol–water partition coefficient (Wildman–Crippen LogP) is 5.66. The monoisotopic (exact) mass is 450 g/mol. The Hall–Kier alpha value is -3.50. The van der Waals surface area contributed by atoms with Crippen LogP contribution in [0.15, 0.2) is 36.7 Å². The van der Waals surface area contributed by atoms with Crippen molar-refractivity contribution in [2.24, 2.45) is 0 Å². The standard InChI is InChI=1S/C24H23ClN4O3/c1-14-10-19(31-5)18(17-8-9-29(22(14)17)23(30)32-24(2,3)4)13-28-12-16-7-6-15(11-26)20(25)21(16)27-28/h6-10,12H,13H2,1-5H3. The fraction of sp³-hybridized carbons (Fsp3) is 0.292. The number of benzene rings is 2. The molecule has 2 heterocycles. The van der Waals surface area contributed by atoms with Gasteiger partial charge in [-0.1, -0.05) is 11.6 Å². The minimum absolute atomic E-state index is 0.334. The van der Waals surface area contributed by atoms with Crippen LogP contribution in [0.5, 0.6) is 5.75 Å². The largest absolute Gasteiger partial charge is 0.496 e. The Kier molecular flexibility index (Phi) is 5.35. The van der Waals surface area contributed by atoms with Gasteiger partial charge in [-0.15, -0.1) is 0 Å². The average Bonchev–Trinajstić information content (AvgIpc) is 3.34. The maximum atomic E-state index is 12.8. The fourth-order valence-electron chi connectivity index (χ4n) is 3.80. The molecule has 0 unspecified atom stereocenters. The first-order valence-corrected chi connectivity index (χ1v) is 10.5. The van der Waals surface area contributed by atoms with Crippen LogP contribution in [0.25, 0.3) is 21.8 Å². The van der Waals surface area contributed by atoms with E-state index in [4.69, 9.17) is 21.1 Å². The normalized spacial score (nSPS) is 11.7. The van der Waals surface area contributed by atoms with Crippen LogP contribution >= 0.6 is 11.6 Å². The highest BCUT2D eigenvalue weighted by molar-refractivity contribution is 6.36. The third-order valence-electron chi connectivity index (χ3n) is 5.14. The minimum Gasteiger partial charge on any atom is -0.496 e. The van der Waals surface area contributed by atoms with Gasteiger partial charge >= 0.3 is 6.09 Å². The predicted molar refractivity (Wildman–Crippen MR) is 123 cm³/mol. The molecule has 4 aromatic rings. The summed E-state index contributed by atoms with van der Waals surface area (Å²) in [4.78, 5) is 12.8. The van der Waals surface area contributed by atoms with Gasteiger partial charge in [0.05, 0.1) is 29.8 Å². The highest BCUT2D eigenvalue weighted by Gasteiger charge is 2.22. The number of halogens is 1. The third-order valence-corrected chi connectivity index (χ3v) is 5.53. The van der Waals surface area contributed by atoms with Crippen LogP contribution in [0, 0.1) is 18.3 Å². The number of aromatic nitrogens is 3. The van der Waals surface area contributed by atoms with Gasteiger partial charge in [-0.05, 0) is 57.5 Å². The molecule has 0 saturated carbocycles. The molecule has 0 amide bonds. The van der Waals surface area contributed by atoms with Gasteiger partial charge in [0.15, 0.2) is 0 Å². The molecule has 0 aliphatic heterocycles. The molecular formula is C24H23ClN4O3. The molecule has 0 atom stereocenters. The minimum atomic E-state index is -0.604. The quantitative estimate of drug-likeness (QED) is 0.402. The Morgan fingerprint density at radius 3 is 2.69 bits per heavy atom. The lowest BCUT2D eigenvalue weighted by Crippen LogP contribution is -2.26. The van der Waals surface area contributed by atoms with Crippen LogP contribution in [0.1, 0.15) is 37.5 Å². The van der Waals surface area contributed by atoms with Crippen LogP contribution in [-0.2, 0) is 11.3 Å². The highest BCUT2D eigenvalue weighted by Crippen LogP contribution is 2.34. The molecule has 0 spiro atoms. The zero-order chi connectivity index (χ0) is 23.2. The van der Waals surface area contributed by atoms with E-state index in [2.05, 4.69) is 11.2 Å². The van der Waals surface area contributed by atoms with Crippen LogP contribution < -0.4 is 4.74 Å². The second-order valence-corrected chi connectivity index (χ2v) is 8.98. The number of methoxy groups -OCH3 is 1. The maximum Gasteiger partial charge on any atom is 0.419 e. The van der Waals surface area contributed by atoms with Gasteiger partial charge in [-0.2, -0.15) is 10.4 Å². The number of hydrogen-bond donors (Lipinski definition) is 0. The average molecular weight is 451 g/mol. The van der Waals surface area contributed by atoms with Crippen molar-refractivity contribution in [1.29, 1.82) is 5.26 Å². The van der Waals surface area contributed by atoms with Crippen molar-refractivity contribution in [3.8, 4) is 11.8 Å². The van der Waals surface area contributed by atoms with Crippen molar-refractivity contribution >= 4 is 39.5 Å². The molecule has 32 heavy (non-hydrogen) atoms. The van der Waals surface area contributed by atoms with Gasteiger partial charge in [-0.3, -0.25) is 9.25 Å². The summed E-state index contributed by atoms with van der Waals surface area (Å²) in [5.74, 6) is 0.695. The summed E-state index contributed by atoms with van der Waals surface area (Å²) >= 11 is 6.35. The second-order valence-electron chi connectivity index (χ2n) is 8.61. The number of carbonyl (C=O) groups is 1. The van der Waals surface area contributed by atoms with E-state index in [1.165, 1.54) is 4.57 Å². The first kappa shape index (κ1) is 21.7. The molecule has 8 heteroatoms. The molecule has 0 saturated heterocycles. The van der Waals surface area contributed by atoms with E-state index < -0.39 is 11.7 Å². The molecule has 0 N–H and O–H groups in total. The van der Waals surface area contributed by atoms with Crippen molar-refractivity contribution < 1.29 is 14.3 Å². The van der Waals surface area contributed by atoms with Crippen LogP contribution in [0.2, 0.25) is 5.02 Å². The Balaban J connectivity index is 1.83. The Labute approximate surface area is 190 Å². The Morgan fingerprint density at radius 1 is 1.28 bits per heavy atom. The number of hydrogen-bond acceptors (Lipinski definition) is 5. The first-order valence-electron chi connectivity index (χ1n) is 10.1. The Morgan fingerprint density at radius 2 is 2.03 bits per heavy atom. The molecule has 0 aliphatic rings.